The normalized spacial score (nSPS) is 20.8. The quantitative estimate of drug-likeness (QED) is 0.724. The fourth-order valence-electron chi connectivity index (χ4n) is 3.82. The number of sulfonamides is 1. The van der Waals surface area contributed by atoms with E-state index < -0.39 is 26.8 Å². The summed E-state index contributed by atoms with van der Waals surface area (Å²) in [4.78, 5) is 12.5. The third kappa shape index (κ3) is 5.87. The number of benzene rings is 2. The number of carbonyl (C=O) groups is 1. The summed E-state index contributed by atoms with van der Waals surface area (Å²) in [6.07, 6.45) is 4.12. The standard InChI is InChI=1S/C22H27FN2O3S/c1-16-8-7-11-18(14-16)24-22(26)20(15-17-9-3-2-4-10-17)25-29(27,28)21-13-6-5-12-19(21)23/h2-6,9-10,12-13,16,18,20,25H,7-8,11,14-15H2,1H3,(H,24,26)/t16?,18?,20-/m0/s1. The van der Waals surface area contributed by atoms with Gasteiger partial charge in [-0.3, -0.25) is 4.79 Å². The molecule has 0 radical (unpaired) electrons. The highest BCUT2D eigenvalue weighted by Crippen LogP contribution is 2.24. The van der Waals surface area contributed by atoms with E-state index >= 15 is 0 Å². The first-order valence-electron chi connectivity index (χ1n) is 9.96. The highest BCUT2D eigenvalue weighted by molar-refractivity contribution is 7.89. The lowest BCUT2D eigenvalue weighted by Crippen LogP contribution is -2.51. The lowest BCUT2D eigenvalue weighted by molar-refractivity contribution is -0.123. The van der Waals surface area contributed by atoms with Gasteiger partial charge in [-0.05, 0) is 42.9 Å². The molecule has 5 nitrogen and oxygen atoms in total. The van der Waals surface area contributed by atoms with Crippen molar-refractivity contribution in [2.45, 2.75) is 56.0 Å². The molecular weight excluding hydrogens is 391 g/mol. The second-order valence-electron chi connectivity index (χ2n) is 7.77. The fourth-order valence-corrected chi connectivity index (χ4v) is 5.09. The maximum absolute atomic E-state index is 14.1. The molecule has 0 aromatic heterocycles. The Morgan fingerprint density at radius 3 is 2.48 bits per heavy atom. The van der Waals surface area contributed by atoms with Crippen LogP contribution in [0, 0.1) is 11.7 Å². The Morgan fingerprint density at radius 2 is 1.79 bits per heavy atom. The van der Waals surface area contributed by atoms with E-state index in [4.69, 9.17) is 0 Å². The summed E-state index contributed by atoms with van der Waals surface area (Å²) in [6.45, 7) is 2.15. The minimum Gasteiger partial charge on any atom is -0.352 e. The van der Waals surface area contributed by atoms with Crippen molar-refractivity contribution in [3.8, 4) is 0 Å². The molecule has 2 N–H and O–H groups in total. The summed E-state index contributed by atoms with van der Waals surface area (Å²) in [5.74, 6) is -0.704. The van der Waals surface area contributed by atoms with Crippen LogP contribution in [0.4, 0.5) is 4.39 Å². The highest BCUT2D eigenvalue weighted by Gasteiger charge is 2.30. The van der Waals surface area contributed by atoms with Crippen LogP contribution in [0.2, 0.25) is 0 Å². The van der Waals surface area contributed by atoms with Crippen LogP contribution in [0.3, 0.4) is 0 Å². The minimum absolute atomic E-state index is 0.0301. The van der Waals surface area contributed by atoms with Crippen LogP contribution in [-0.2, 0) is 21.2 Å². The molecule has 2 unspecified atom stereocenters. The molecule has 0 aliphatic heterocycles. The number of carbonyl (C=O) groups excluding carboxylic acids is 1. The van der Waals surface area contributed by atoms with Crippen LogP contribution >= 0.6 is 0 Å². The van der Waals surface area contributed by atoms with Gasteiger partial charge in [-0.15, -0.1) is 0 Å². The molecule has 0 bridgehead atoms. The van der Waals surface area contributed by atoms with Crippen LogP contribution < -0.4 is 10.0 Å². The second kappa shape index (κ2) is 9.50. The SMILES string of the molecule is CC1CCCC(NC(=O)[C@H](Cc2ccccc2)NS(=O)(=O)c2ccccc2F)C1. The molecule has 1 fully saturated rings. The molecule has 2 aromatic rings. The van der Waals surface area contributed by atoms with Gasteiger partial charge in [0, 0.05) is 6.04 Å². The average Bonchev–Trinajstić information content (AvgIpc) is 2.68. The molecule has 3 atom stereocenters. The van der Waals surface area contributed by atoms with Gasteiger partial charge in [-0.2, -0.15) is 4.72 Å². The minimum atomic E-state index is -4.19. The zero-order valence-electron chi connectivity index (χ0n) is 16.5. The van der Waals surface area contributed by atoms with Crippen LogP contribution in [0.1, 0.15) is 38.2 Å². The number of amides is 1. The molecule has 1 aliphatic carbocycles. The van der Waals surface area contributed by atoms with Gasteiger partial charge in [0.15, 0.2) is 0 Å². The maximum Gasteiger partial charge on any atom is 0.244 e. The van der Waals surface area contributed by atoms with E-state index in [0.29, 0.717) is 5.92 Å². The monoisotopic (exact) mass is 418 g/mol. The van der Waals surface area contributed by atoms with Gasteiger partial charge in [0.1, 0.15) is 16.8 Å². The summed E-state index contributed by atoms with van der Waals surface area (Å²) in [5, 5.41) is 3.00. The Hall–Kier alpha value is -2.25. The van der Waals surface area contributed by atoms with Crippen molar-refractivity contribution >= 4 is 15.9 Å². The van der Waals surface area contributed by atoms with E-state index in [1.54, 1.807) is 0 Å². The van der Waals surface area contributed by atoms with Gasteiger partial charge < -0.3 is 5.32 Å². The van der Waals surface area contributed by atoms with Gasteiger partial charge in [0.05, 0.1) is 0 Å². The fraction of sp³-hybridized carbons (Fsp3) is 0.409. The molecule has 29 heavy (non-hydrogen) atoms. The number of hydrogen-bond acceptors (Lipinski definition) is 3. The highest BCUT2D eigenvalue weighted by atomic mass is 32.2. The summed E-state index contributed by atoms with van der Waals surface area (Å²) < 4.78 is 42.0. The van der Waals surface area contributed by atoms with Crippen molar-refractivity contribution in [1.82, 2.24) is 10.0 Å². The van der Waals surface area contributed by atoms with Gasteiger partial charge in [0.2, 0.25) is 15.9 Å². The number of halogens is 1. The van der Waals surface area contributed by atoms with Gasteiger partial charge in [-0.25, -0.2) is 12.8 Å². The molecule has 0 heterocycles. The lowest BCUT2D eigenvalue weighted by Gasteiger charge is -2.29. The number of nitrogens with one attached hydrogen (secondary N) is 2. The van der Waals surface area contributed by atoms with Gasteiger partial charge in [-0.1, -0.05) is 62.2 Å². The Morgan fingerprint density at radius 1 is 1.10 bits per heavy atom. The molecule has 2 aromatic carbocycles. The van der Waals surface area contributed by atoms with Crippen LogP contribution in [-0.4, -0.2) is 26.4 Å². The first-order chi connectivity index (χ1) is 13.8. The van der Waals surface area contributed by atoms with Crippen molar-refractivity contribution in [3.63, 3.8) is 0 Å². The molecular formula is C22H27FN2O3S. The van der Waals surface area contributed by atoms with E-state index in [2.05, 4.69) is 17.0 Å². The molecule has 1 saturated carbocycles. The zero-order chi connectivity index (χ0) is 20.9. The Balaban J connectivity index is 1.80. The zero-order valence-corrected chi connectivity index (χ0v) is 17.3. The summed E-state index contributed by atoms with van der Waals surface area (Å²) in [6, 6.07) is 13.3. The Kier molecular flexibility index (Phi) is 7.03. The summed E-state index contributed by atoms with van der Waals surface area (Å²) >= 11 is 0. The summed E-state index contributed by atoms with van der Waals surface area (Å²) in [7, 11) is -4.19. The van der Waals surface area contributed by atoms with Gasteiger partial charge in [0.25, 0.3) is 0 Å². The third-order valence-corrected chi connectivity index (χ3v) is 6.81. The first-order valence-corrected chi connectivity index (χ1v) is 11.4. The van der Waals surface area contributed by atoms with Crippen molar-refractivity contribution in [3.05, 3.63) is 66.0 Å². The predicted octanol–water partition coefficient (Wildman–Crippen LogP) is 3.41. The molecule has 156 valence electrons. The van der Waals surface area contributed by atoms with Crippen molar-refractivity contribution < 1.29 is 17.6 Å². The number of hydrogen-bond donors (Lipinski definition) is 2. The van der Waals surface area contributed by atoms with Crippen molar-refractivity contribution in [2.75, 3.05) is 0 Å². The Labute approximate surface area is 171 Å². The van der Waals surface area contributed by atoms with Crippen molar-refractivity contribution in [1.29, 1.82) is 0 Å². The van der Waals surface area contributed by atoms with Gasteiger partial charge >= 0.3 is 0 Å². The maximum atomic E-state index is 14.1. The molecule has 7 heteroatoms. The van der Waals surface area contributed by atoms with E-state index in [-0.39, 0.29) is 18.4 Å². The smallest absolute Gasteiger partial charge is 0.244 e. The van der Waals surface area contributed by atoms with E-state index in [9.17, 15) is 17.6 Å². The van der Waals surface area contributed by atoms with Crippen LogP contribution in [0.5, 0.6) is 0 Å². The van der Waals surface area contributed by atoms with E-state index in [0.717, 1.165) is 37.3 Å². The van der Waals surface area contributed by atoms with Crippen molar-refractivity contribution in [2.24, 2.45) is 5.92 Å². The topological polar surface area (TPSA) is 75.3 Å². The largest absolute Gasteiger partial charge is 0.352 e. The lowest BCUT2D eigenvalue weighted by atomic mass is 9.87. The third-order valence-electron chi connectivity index (χ3n) is 5.31. The van der Waals surface area contributed by atoms with Crippen LogP contribution in [0.15, 0.2) is 59.5 Å². The molecule has 0 spiro atoms. The Bertz CT molecular complexity index is 934. The molecule has 1 amide bonds. The average molecular weight is 419 g/mol. The second-order valence-corrected chi connectivity index (χ2v) is 9.45. The number of rotatable bonds is 7. The molecule has 1 aliphatic rings. The molecule has 0 saturated heterocycles. The van der Waals surface area contributed by atoms with Crippen LogP contribution in [0.25, 0.3) is 0 Å². The van der Waals surface area contributed by atoms with E-state index in [1.165, 1.54) is 18.2 Å². The predicted molar refractivity (Wildman–Crippen MR) is 110 cm³/mol. The van der Waals surface area contributed by atoms with E-state index in [1.807, 2.05) is 30.3 Å². The first kappa shape index (κ1) is 21.5. The summed E-state index contributed by atoms with van der Waals surface area (Å²) in [5.41, 5.74) is 0.820. The molecule has 3 rings (SSSR count).